The van der Waals surface area contributed by atoms with Crippen molar-refractivity contribution in [3.8, 4) is 0 Å². The van der Waals surface area contributed by atoms with Gasteiger partial charge in [0.25, 0.3) is 5.91 Å². The average Bonchev–Trinajstić information content (AvgIpc) is 3.05. The third-order valence-electron chi connectivity index (χ3n) is 3.25. The highest BCUT2D eigenvalue weighted by Crippen LogP contribution is 2.17. The minimum atomic E-state index is -0.180. The second-order valence-corrected chi connectivity index (χ2v) is 4.50. The summed E-state index contributed by atoms with van der Waals surface area (Å²) in [6.07, 6.45) is 7.23. The maximum absolute atomic E-state index is 11.7. The van der Waals surface area contributed by atoms with Crippen LogP contribution in [0.25, 0.3) is 0 Å². The lowest BCUT2D eigenvalue weighted by atomic mass is 9.99. The van der Waals surface area contributed by atoms with Gasteiger partial charge in [-0.25, -0.2) is 4.98 Å². The number of nitrogens with one attached hydrogen (secondary N) is 1. The Morgan fingerprint density at radius 1 is 1.61 bits per heavy atom. The molecule has 0 spiro atoms. The Labute approximate surface area is 104 Å². The Bertz CT molecular complexity index is 532. The summed E-state index contributed by atoms with van der Waals surface area (Å²) in [6, 6.07) is 1.56. The van der Waals surface area contributed by atoms with Gasteiger partial charge in [0.2, 0.25) is 0 Å². The van der Waals surface area contributed by atoms with Gasteiger partial charge in [0, 0.05) is 38.0 Å². The molecule has 1 atom stereocenters. The molecular weight excluding hydrogens is 232 g/mol. The number of hydrogen-bond donors (Lipinski definition) is 1. The molecule has 3 rings (SSSR count). The van der Waals surface area contributed by atoms with Crippen LogP contribution in [0.1, 0.15) is 22.7 Å². The molecule has 0 bridgehead atoms. The van der Waals surface area contributed by atoms with E-state index in [-0.39, 0.29) is 5.91 Å². The molecule has 0 saturated heterocycles. The average molecular weight is 246 g/mol. The Morgan fingerprint density at radius 3 is 3.39 bits per heavy atom. The number of imidazole rings is 1. The number of hydrogen-bond acceptors (Lipinski definition) is 4. The van der Waals surface area contributed by atoms with Gasteiger partial charge < -0.3 is 14.4 Å². The molecule has 3 heterocycles. The van der Waals surface area contributed by atoms with Crippen LogP contribution in [0.5, 0.6) is 0 Å². The highest BCUT2D eigenvalue weighted by atomic mass is 16.5. The van der Waals surface area contributed by atoms with E-state index in [1.807, 2.05) is 12.4 Å². The molecule has 0 fully saturated rings. The summed E-state index contributed by atoms with van der Waals surface area (Å²) < 4.78 is 6.79. The zero-order valence-electron chi connectivity index (χ0n) is 9.87. The first-order valence-corrected chi connectivity index (χ1v) is 6.01. The smallest absolute Gasteiger partial charge is 0.273 e. The molecule has 1 aliphatic heterocycles. The van der Waals surface area contributed by atoms with Gasteiger partial charge in [-0.1, -0.05) is 5.16 Å². The number of carbonyl (C=O) groups excluding carboxylic acids is 1. The number of carbonyl (C=O) groups is 1. The Morgan fingerprint density at radius 2 is 2.56 bits per heavy atom. The van der Waals surface area contributed by atoms with E-state index in [9.17, 15) is 4.79 Å². The van der Waals surface area contributed by atoms with Crippen LogP contribution < -0.4 is 5.32 Å². The molecule has 1 N–H and O–H groups in total. The molecule has 0 radical (unpaired) electrons. The highest BCUT2D eigenvalue weighted by Gasteiger charge is 2.19. The van der Waals surface area contributed by atoms with Crippen LogP contribution in [0.4, 0.5) is 0 Å². The zero-order valence-corrected chi connectivity index (χ0v) is 9.87. The van der Waals surface area contributed by atoms with E-state index in [1.54, 1.807) is 6.07 Å². The van der Waals surface area contributed by atoms with Crippen molar-refractivity contribution in [1.82, 2.24) is 20.0 Å². The molecule has 1 aliphatic rings. The van der Waals surface area contributed by atoms with Crippen LogP contribution in [-0.4, -0.2) is 27.2 Å². The fourth-order valence-corrected chi connectivity index (χ4v) is 2.26. The third kappa shape index (κ3) is 2.13. The number of rotatable bonds is 3. The lowest BCUT2D eigenvalue weighted by Gasteiger charge is -2.23. The van der Waals surface area contributed by atoms with Gasteiger partial charge in [-0.05, 0) is 12.3 Å². The van der Waals surface area contributed by atoms with Crippen molar-refractivity contribution >= 4 is 5.91 Å². The molecule has 0 saturated carbocycles. The van der Waals surface area contributed by atoms with Crippen LogP contribution in [-0.2, 0) is 13.0 Å². The Balaban J connectivity index is 1.54. The minimum absolute atomic E-state index is 0.180. The second kappa shape index (κ2) is 4.64. The number of aryl methyl sites for hydroxylation is 1. The van der Waals surface area contributed by atoms with Gasteiger partial charge in [0.1, 0.15) is 12.1 Å². The second-order valence-electron chi connectivity index (χ2n) is 4.50. The van der Waals surface area contributed by atoms with Gasteiger partial charge in [0.05, 0.1) is 0 Å². The van der Waals surface area contributed by atoms with E-state index >= 15 is 0 Å². The molecule has 0 aromatic carbocycles. The highest BCUT2D eigenvalue weighted by molar-refractivity contribution is 5.91. The molecule has 6 heteroatoms. The molecule has 1 amide bonds. The van der Waals surface area contributed by atoms with Crippen LogP contribution >= 0.6 is 0 Å². The SMILES string of the molecule is O=C(NC[C@@H]1CCc2nccn2C1)c1ccon1. The van der Waals surface area contributed by atoms with Gasteiger partial charge in [-0.3, -0.25) is 4.79 Å². The predicted octanol–water partition coefficient (Wildman–Crippen LogP) is 0.863. The molecule has 18 heavy (non-hydrogen) atoms. The van der Waals surface area contributed by atoms with E-state index in [0.717, 1.165) is 25.2 Å². The number of nitrogens with zero attached hydrogens (tertiary/aromatic N) is 3. The summed E-state index contributed by atoms with van der Waals surface area (Å²) in [7, 11) is 0. The van der Waals surface area contributed by atoms with Gasteiger partial charge in [-0.2, -0.15) is 0 Å². The van der Waals surface area contributed by atoms with Gasteiger partial charge in [0.15, 0.2) is 5.69 Å². The summed E-state index contributed by atoms with van der Waals surface area (Å²) >= 11 is 0. The Hall–Kier alpha value is -2.11. The monoisotopic (exact) mass is 246 g/mol. The number of aromatic nitrogens is 3. The lowest BCUT2D eigenvalue weighted by molar-refractivity contribution is 0.0934. The van der Waals surface area contributed by atoms with Crippen LogP contribution in [0.3, 0.4) is 0 Å². The topological polar surface area (TPSA) is 73.0 Å². The van der Waals surface area contributed by atoms with Crippen molar-refractivity contribution in [2.24, 2.45) is 5.92 Å². The molecule has 0 aliphatic carbocycles. The first-order chi connectivity index (χ1) is 8.83. The third-order valence-corrected chi connectivity index (χ3v) is 3.25. The minimum Gasteiger partial charge on any atom is -0.364 e. The van der Waals surface area contributed by atoms with E-state index < -0.39 is 0 Å². The van der Waals surface area contributed by atoms with Gasteiger partial charge in [-0.15, -0.1) is 0 Å². The summed E-state index contributed by atoms with van der Waals surface area (Å²) in [4.78, 5) is 16.0. The van der Waals surface area contributed by atoms with Gasteiger partial charge >= 0.3 is 0 Å². The standard InChI is InChI=1S/C12H14N4O2/c17-12(10-3-6-18-15-10)14-7-9-1-2-11-13-4-5-16(11)8-9/h3-6,9H,1-2,7-8H2,(H,14,17)/t9-/m0/s1. The normalized spacial score (nSPS) is 18.3. The van der Waals surface area contributed by atoms with E-state index in [1.165, 1.54) is 6.26 Å². The molecule has 94 valence electrons. The summed E-state index contributed by atoms with van der Waals surface area (Å²) in [5.74, 6) is 1.40. The first-order valence-electron chi connectivity index (χ1n) is 6.01. The van der Waals surface area contributed by atoms with Crippen LogP contribution in [0, 0.1) is 5.92 Å². The summed E-state index contributed by atoms with van der Waals surface area (Å²) in [5.41, 5.74) is 0.328. The lowest BCUT2D eigenvalue weighted by Crippen LogP contribution is -2.33. The maximum Gasteiger partial charge on any atom is 0.273 e. The molecular formula is C12H14N4O2. The molecule has 2 aromatic rings. The molecule has 0 unspecified atom stereocenters. The first kappa shape index (κ1) is 11.0. The summed E-state index contributed by atoms with van der Waals surface area (Å²) in [6.45, 7) is 1.57. The predicted molar refractivity (Wildman–Crippen MR) is 62.9 cm³/mol. The molecule has 2 aromatic heterocycles. The fraction of sp³-hybridized carbons (Fsp3) is 0.417. The van der Waals surface area contributed by atoms with Crippen LogP contribution in [0.15, 0.2) is 29.2 Å². The Kier molecular flexibility index (Phi) is 2.84. The quantitative estimate of drug-likeness (QED) is 0.872. The van der Waals surface area contributed by atoms with E-state index in [0.29, 0.717) is 18.2 Å². The largest absolute Gasteiger partial charge is 0.364 e. The van der Waals surface area contributed by atoms with Crippen molar-refractivity contribution in [3.63, 3.8) is 0 Å². The number of fused-ring (bicyclic) bond motifs is 1. The van der Waals surface area contributed by atoms with Crippen molar-refractivity contribution in [2.75, 3.05) is 6.54 Å². The van der Waals surface area contributed by atoms with E-state index in [2.05, 4.69) is 24.5 Å². The number of amides is 1. The zero-order chi connectivity index (χ0) is 12.4. The van der Waals surface area contributed by atoms with Crippen molar-refractivity contribution < 1.29 is 9.32 Å². The van der Waals surface area contributed by atoms with Crippen molar-refractivity contribution in [2.45, 2.75) is 19.4 Å². The fourth-order valence-electron chi connectivity index (χ4n) is 2.26. The van der Waals surface area contributed by atoms with Crippen LogP contribution in [0.2, 0.25) is 0 Å². The summed E-state index contributed by atoms with van der Waals surface area (Å²) in [5, 5.41) is 6.49. The molecule has 6 nitrogen and oxygen atoms in total. The maximum atomic E-state index is 11.7. The van der Waals surface area contributed by atoms with Crippen molar-refractivity contribution in [3.05, 3.63) is 36.2 Å². The van der Waals surface area contributed by atoms with E-state index in [4.69, 9.17) is 0 Å². The van der Waals surface area contributed by atoms with Crippen molar-refractivity contribution in [1.29, 1.82) is 0 Å².